The summed E-state index contributed by atoms with van der Waals surface area (Å²) in [6.45, 7) is 10.7. The monoisotopic (exact) mass is 207 g/mol. The van der Waals surface area contributed by atoms with Gasteiger partial charge in [-0.2, -0.15) is 0 Å². The van der Waals surface area contributed by atoms with Crippen molar-refractivity contribution in [1.82, 2.24) is 9.97 Å². The van der Waals surface area contributed by atoms with E-state index in [1.165, 1.54) is 0 Å². The molecule has 0 atom stereocenters. The molecule has 0 spiro atoms. The third-order valence-corrected chi connectivity index (χ3v) is 2.04. The number of nitrogen functional groups attached to an aromatic ring is 1. The van der Waals surface area contributed by atoms with Gasteiger partial charge in [-0.3, -0.25) is 0 Å². The average molecular weight is 207 g/mol. The van der Waals surface area contributed by atoms with Crippen molar-refractivity contribution in [2.45, 2.75) is 47.0 Å². The van der Waals surface area contributed by atoms with Crippen LogP contribution in [0.2, 0.25) is 0 Å². The second-order valence-corrected chi connectivity index (χ2v) is 5.53. The lowest BCUT2D eigenvalue weighted by Gasteiger charge is -2.18. The van der Waals surface area contributed by atoms with Crippen LogP contribution in [0.3, 0.4) is 0 Å². The topological polar surface area (TPSA) is 51.8 Å². The molecule has 0 radical (unpaired) electrons. The van der Waals surface area contributed by atoms with E-state index in [4.69, 9.17) is 5.73 Å². The van der Waals surface area contributed by atoms with Crippen LogP contribution in [0.15, 0.2) is 6.07 Å². The van der Waals surface area contributed by atoms with Gasteiger partial charge in [-0.05, 0) is 11.8 Å². The summed E-state index contributed by atoms with van der Waals surface area (Å²) >= 11 is 0. The fraction of sp³-hybridized carbons (Fsp3) is 0.667. The summed E-state index contributed by atoms with van der Waals surface area (Å²) < 4.78 is 0. The fourth-order valence-corrected chi connectivity index (χ4v) is 1.43. The predicted octanol–water partition coefficient (Wildman–Crippen LogP) is 2.77. The number of nitrogens with two attached hydrogens (primary N) is 1. The van der Waals surface area contributed by atoms with Crippen molar-refractivity contribution < 1.29 is 0 Å². The van der Waals surface area contributed by atoms with Gasteiger partial charge in [-0.1, -0.05) is 34.6 Å². The summed E-state index contributed by atoms with van der Waals surface area (Å²) in [6, 6.07) is 1.87. The normalized spacial score (nSPS) is 12.1. The third kappa shape index (κ3) is 3.86. The molecule has 0 aliphatic heterocycles. The maximum atomic E-state index is 5.76. The van der Waals surface area contributed by atoms with E-state index in [9.17, 15) is 0 Å². The van der Waals surface area contributed by atoms with Crippen LogP contribution in [-0.4, -0.2) is 9.97 Å². The van der Waals surface area contributed by atoms with Gasteiger partial charge in [0.2, 0.25) is 0 Å². The molecule has 1 rings (SSSR count). The molecule has 0 amide bonds. The Hall–Kier alpha value is -1.12. The zero-order valence-corrected chi connectivity index (χ0v) is 10.3. The van der Waals surface area contributed by atoms with Crippen molar-refractivity contribution in [3.8, 4) is 0 Å². The van der Waals surface area contributed by atoms with E-state index >= 15 is 0 Å². The van der Waals surface area contributed by atoms with Crippen LogP contribution in [0.25, 0.3) is 0 Å². The number of anilines is 1. The Morgan fingerprint density at radius 2 is 1.87 bits per heavy atom. The molecule has 0 saturated carbocycles. The zero-order valence-electron chi connectivity index (χ0n) is 10.3. The largest absolute Gasteiger partial charge is 0.384 e. The molecule has 15 heavy (non-hydrogen) atoms. The summed E-state index contributed by atoms with van der Waals surface area (Å²) in [4.78, 5) is 8.76. The maximum Gasteiger partial charge on any atom is 0.133 e. The van der Waals surface area contributed by atoms with E-state index in [0.29, 0.717) is 11.7 Å². The van der Waals surface area contributed by atoms with Gasteiger partial charge >= 0.3 is 0 Å². The summed E-state index contributed by atoms with van der Waals surface area (Å²) in [5.74, 6) is 1.74. The first-order valence-electron chi connectivity index (χ1n) is 5.41. The Morgan fingerprint density at radius 1 is 1.27 bits per heavy atom. The van der Waals surface area contributed by atoms with Gasteiger partial charge in [-0.15, -0.1) is 0 Å². The highest BCUT2D eigenvalue weighted by Crippen LogP contribution is 2.21. The quantitative estimate of drug-likeness (QED) is 0.811. The van der Waals surface area contributed by atoms with E-state index in [1.54, 1.807) is 0 Å². The second-order valence-electron chi connectivity index (χ2n) is 5.53. The number of hydrogen-bond donors (Lipinski definition) is 1. The molecule has 3 heteroatoms. The molecule has 0 aliphatic carbocycles. The van der Waals surface area contributed by atoms with E-state index in [2.05, 4.69) is 44.6 Å². The molecule has 0 unspecified atom stereocenters. The van der Waals surface area contributed by atoms with E-state index in [0.717, 1.165) is 17.9 Å². The molecule has 0 aromatic carbocycles. The first-order chi connectivity index (χ1) is 6.78. The molecule has 84 valence electrons. The summed E-state index contributed by atoms with van der Waals surface area (Å²) in [7, 11) is 0. The molecule has 0 saturated heterocycles. The highest BCUT2D eigenvalue weighted by Gasteiger charge is 2.14. The Morgan fingerprint density at radius 3 is 2.33 bits per heavy atom. The van der Waals surface area contributed by atoms with E-state index in [1.807, 2.05) is 6.07 Å². The van der Waals surface area contributed by atoms with Crippen molar-refractivity contribution in [1.29, 1.82) is 0 Å². The fourth-order valence-electron chi connectivity index (χ4n) is 1.43. The van der Waals surface area contributed by atoms with Gasteiger partial charge in [-0.25, -0.2) is 9.97 Å². The molecule has 1 heterocycles. The number of hydrogen-bond acceptors (Lipinski definition) is 3. The van der Waals surface area contributed by atoms with Crippen LogP contribution in [0, 0.1) is 5.41 Å². The predicted molar refractivity (Wildman–Crippen MR) is 63.7 cm³/mol. The highest BCUT2D eigenvalue weighted by molar-refractivity contribution is 5.30. The zero-order chi connectivity index (χ0) is 11.6. The van der Waals surface area contributed by atoms with Gasteiger partial charge < -0.3 is 5.73 Å². The van der Waals surface area contributed by atoms with Gasteiger partial charge in [0.15, 0.2) is 0 Å². The molecule has 1 aromatic heterocycles. The minimum absolute atomic E-state index is 0.231. The lowest BCUT2D eigenvalue weighted by molar-refractivity contribution is 0.405. The molecule has 2 N–H and O–H groups in total. The van der Waals surface area contributed by atoms with Gasteiger partial charge in [0.1, 0.15) is 11.6 Å². The maximum absolute atomic E-state index is 5.76. The van der Waals surface area contributed by atoms with Crippen LogP contribution in [0.5, 0.6) is 0 Å². The van der Waals surface area contributed by atoms with E-state index in [-0.39, 0.29) is 5.41 Å². The van der Waals surface area contributed by atoms with Crippen molar-refractivity contribution in [2.75, 3.05) is 5.73 Å². The van der Waals surface area contributed by atoms with Crippen molar-refractivity contribution in [3.05, 3.63) is 17.6 Å². The van der Waals surface area contributed by atoms with Crippen LogP contribution >= 0.6 is 0 Å². The Balaban J connectivity index is 2.99. The standard InChI is InChI=1S/C12H21N3/c1-8(2)11-14-9(6-10(13)15-11)7-12(3,4)5/h6,8H,7H2,1-5H3,(H2,13,14,15). The van der Waals surface area contributed by atoms with Crippen molar-refractivity contribution in [3.63, 3.8) is 0 Å². The minimum atomic E-state index is 0.231. The molecule has 0 aliphatic rings. The lowest BCUT2D eigenvalue weighted by Crippen LogP contribution is -2.13. The first-order valence-corrected chi connectivity index (χ1v) is 5.41. The molecular formula is C12H21N3. The molecule has 0 bridgehead atoms. The molecule has 3 nitrogen and oxygen atoms in total. The second kappa shape index (κ2) is 4.17. The number of rotatable bonds is 2. The molecular weight excluding hydrogens is 186 g/mol. The average Bonchev–Trinajstić information content (AvgIpc) is 1.99. The molecule has 1 aromatic rings. The van der Waals surface area contributed by atoms with Gasteiger partial charge in [0, 0.05) is 17.7 Å². The summed E-state index contributed by atoms with van der Waals surface area (Å²) in [6.07, 6.45) is 0.930. The smallest absolute Gasteiger partial charge is 0.133 e. The Bertz CT molecular complexity index is 337. The van der Waals surface area contributed by atoms with Crippen LogP contribution in [-0.2, 0) is 6.42 Å². The van der Waals surface area contributed by atoms with Crippen LogP contribution < -0.4 is 5.73 Å². The molecule has 0 fully saturated rings. The van der Waals surface area contributed by atoms with Gasteiger partial charge in [0.05, 0.1) is 0 Å². The van der Waals surface area contributed by atoms with Gasteiger partial charge in [0.25, 0.3) is 0 Å². The minimum Gasteiger partial charge on any atom is -0.384 e. The third-order valence-electron chi connectivity index (χ3n) is 2.04. The lowest BCUT2D eigenvalue weighted by atomic mass is 9.90. The summed E-state index contributed by atoms with van der Waals surface area (Å²) in [5.41, 5.74) is 7.04. The highest BCUT2D eigenvalue weighted by atomic mass is 14.9. The Kier molecular flexibility index (Phi) is 3.32. The summed E-state index contributed by atoms with van der Waals surface area (Å²) in [5, 5.41) is 0. The Labute approximate surface area is 92.1 Å². The van der Waals surface area contributed by atoms with Crippen molar-refractivity contribution >= 4 is 5.82 Å². The number of nitrogens with zero attached hydrogens (tertiary/aromatic N) is 2. The van der Waals surface area contributed by atoms with Crippen LogP contribution in [0.1, 0.15) is 52.1 Å². The first kappa shape index (κ1) is 12.0. The number of aromatic nitrogens is 2. The van der Waals surface area contributed by atoms with E-state index < -0.39 is 0 Å². The van der Waals surface area contributed by atoms with Crippen LogP contribution in [0.4, 0.5) is 5.82 Å². The SMILES string of the molecule is CC(C)c1nc(N)cc(CC(C)(C)C)n1. The van der Waals surface area contributed by atoms with Crippen molar-refractivity contribution in [2.24, 2.45) is 5.41 Å².